The zero-order valence-corrected chi connectivity index (χ0v) is 10.7. The van der Waals surface area contributed by atoms with Gasteiger partial charge in [-0.05, 0) is 18.2 Å². The highest BCUT2D eigenvalue weighted by molar-refractivity contribution is 6.33. The summed E-state index contributed by atoms with van der Waals surface area (Å²) in [5.41, 5.74) is -0.745. The summed E-state index contributed by atoms with van der Waals surface area (Å²) < 4.78 is 37.5. The number of carbonyl (C=O) groups is 1. The predicted octanol–water partition coefficient (Wildman–Crippen LogP) is 2.40. The zero-order chi connectivity index (χ0) is 14.0. The first-order valence-corrected chi connectivity index (χ1v) is 6.14. The van der Waals surface area contributed by atoms with Gasteiger partial charge in [0.1, 0.15) is 0 Å². The van der Waals surface area contributed by atoms with E-state index in [-0.39, 0.29) is 16.5 Å². The quantitative estimate of drug-likeness (QED) is 0.862. The van der Waals surface area contributed by atoms with Gasteiger partial charge in [-0.15, -0.1) is 0 Å². The van der Waals surface area contributed by atoms with Crippen LogP contribution in [-0.4, -0.2) is 37.0 Å². The number of hydrogen-bond acceptors (Lipinski definition) is 2. The molecule has 0 atom stereocenters. The number of nitrogens with zero attached hydrogens (tertiary/aromatic N) is 1. The molecule has 1 N–H and O–H groups in total. The van der Waals surface area contributed by atoms with E-state index in [0.717, 1.165) is 18.2 Å². The van der Waals surface area contributed by atoms with Crippen LogP contribution in [0.15, 0.2) is 18.2 Å². The fraction of sp³-hybridized carbons (Fsp3) is 0.417. The topological polar surface area (TPSA) is 32.3 Å². The lowest BCUT2D eigenvalue weighted by Crippen LogP contribution is -2.46. The van der Waals surface area contributed by atoms with E-state index in [2.05, 4.69) is 5.32 Å². The van der Waals surface area contributed by atoms with Gasteiger partial charge < -0.3 is 10.2 Å². The Morgan fingerprint density at radius 2 is 1.89 bits per heavy atom. The molecule has 19 heavy (non-hydrogen) atoms. The van der Waals surface area contributed by atoms with Gasteiger partial charge in [0, 0.05) is 26.2 Å². The summed E-state index contributed by atoms with van der Waals surface area (Å²) in [5.74, 6) is -0.333. The molecule has 1 aromatic carbocycles. The fourth-order valence-corrected chi connectivity index (χ4v) is 2.16. The van der Waals surface area contributed by atoms with Gasteiger partial charge in [-0.1, -0.05) is 11.6 Å². The summed E-state index contributed by atoms with van der Waals surface area (Å²) in [5, 5.41) is 2.92. The lowest BCUT2D eigenvalue weighted by Gasteiger charge is -2.27. The van der Waals surface area contributed by atoms with Gasteiger partial charge in [0.2, 0.25) is 0 Å². The second-order valence-corrected chi connectivity index (χ2v) is 4.64. The molecule has 1 saturated heterocycles. The van der Waals surface area contributed by atoms with Crippen LogP contribution in [0, 0.1) is 0 Å². The van der Waals surface area contributed by atoms with E-state index < -0.39 is 11.7 Å². The van der Waals surface area contributed by atoms with Crippen LogP contribution in [-0.2, 0) is 6.18 Å². The van der Waals surface area contributed by atoms with Crippen LogP contribution in [0.4, 0.5) is 13.2 Å². The first-order chi connectivity index (χ1) is 8.89. The zero-order valence-electron chi connectivity index (χ0n) is 9.93. The highest BCUT2D eigenvalue weighted by Crippen LogP contribution is 2.32. The fourth-order valence-electron chi connectivity index (χ4n) is 1.90. The van der Waals surface area contributed by atoms with Crippen LogP contribution in [0.3, 0.4) is 0 Å². The third kappa shape index (κ3) is 3.19. The average Bonchev–Trinajstić information content (AvgIpc) is 2.38. The number of amides is 1. The second kappa shape index (κ2) is 5.38. The molecule has 0 spiro atoms. The van der Waals surface area contributed by atoms with Crippen LogP contribution in [0.2, 0.25) is 5.02 Å². The first-order valence-electron chi connectivity index (χ1n) is 5.76. The van der Waals surface area contributed by atoms with Crippen molar-refractivity contribution < 1.29 is 18.0 Å². The molecule has 3 nitrogen and oxygen atoms in total. The summed E-state index contributed by atoms with van der Waals surface area (Å²) in [6, 6.07) is 2.80. The number of nitrogens with one attached hydrogen (secondary N) is 1. The third-order valence-electron chi connectivity index (χ3n) is 2.93. The van der Waals surface area contributed by atoms with E-state index in [9.17, 15) is 18.0 Å². The van der Waals surface area contributed by atoms with Crippen LogP contribution < -0.4 is 5.32 Å². The number of hydrogen-bond donors (Lipinski definition) is 1. The van der Waals surface area contributed by atoms with Crippen molar-refractivity contribution in [3.8, 4) is 0 Å². The smallest absolute Gasteiger partial charge is 0.336 e. The highest BCUT2D eigenvalue weighted by Gasteiger charge is 2.31. The van der Waals surface area contributed by atoms with Crippen molar-refractivity contribution in [2.45, 2.75) is 6.18 Å². The minimum atomic E-state index is -4.46. The molecule has 2 rings (SSSR count). The number of alkyl halides is 3. The number of carbonyl (C=O) groups excluding carboxylic acids is 1. The molecule has 0 radical (unpaired) electrons. The maximum Gasteiger partial charge on any atom is 0.416 e. The molecule has 1 amide bonds. The molecule has 7 heteroatoms. The Labute approximate surface area is 113 Å². The largest absolute Gasteiger partial charge is 0.416 e. The Morgan fingerprint density at radius 1 is 1.26 bits per heavy atom. The maximum atomic E-state index is 12.5. The number of rotatable bonds is 1. The summed E-state index contributed by atoms with van der Waals surface area (Å²) in [6.45, 7) is 2.39. The van der Waals surface area contributed by atoms with Crippen molar-refractivity contribution in [3.05, 3.63) is 34.3 Å². The van der Waals surface area contributed by atoms with Gasteiger partial charge in [-0.3, -0.25) is 4.79 Å². The van der Waals surface area contributed by atoms with E-state index in [0.29, 0.717) is 26.2 Å². The number of piperazine rings is 1. The van der Waals surface area contributed by atoms with Gasteiger partial charge >= 0.3 is 6.18 Å². The molecular weight excluding hydrogens is 281 g/mol. The molecule has 1 heterocycles. The maximum absolute atomic E-state index is 12.5. The van der Waals surface area contributed by atoms with Crippen molar-refractivity contribution in [1.82, 2.24) is 10.2 Å². The van der Waals surface area contributed by atoms with E-state index in [1.807, 2.05) is 0 Å². The predicted molar refractivity (Wildman–Crippen MR) is 65.2 cm³/mol. The molecule has 104 valence electrons. The molecule has 0 aromatic heterocycles. The van der Waals surface area contributed by atoms with Crippen LogP contribution >= 0.6 is 11.6 Å². The van der Waals surface area contributed by atoms with Crippen molar-refractivity contribution in [2.75, 3.05) is 26.2 Å². The Balaban J connectivity index is 2.23. The molecule has 0 aliphatic carbocycles. The van der Waals surface area contributed by atoms with Gasteiger partial charge in [-0.2, -0.15) is 13.2 Å². The van der Waals surface area contributed by atoms with Gasteiger partial charge in [0.15, 0.2) is 0 Å². The van der Waals surface area contributed by atoms with Crippen LogP contribution in [0.1, 0.15) is 15.9 Å². The van der Waals surface area contributed by atoms with E-state index in [4.69, 9.17) is 11.6 Å². The number of halogens is 4. The minimum absolute atomic E-state index is 0.108. The normalized spacial score (nSPS) is 16.5. The van der Waals surface area contributed by atoms with Crippen molar-refractivity contribution >= 4 is 17.5 Å². The summed E-state index contributed by atoms with van der Waals surface area (Å²) in [6.07, 6.45) is -4.46. The molecule has 0 bridgehead atoms. The number of benzene rings is 1. The monoisotopic (exact) mass is 292 g/mol. The lowest BCUT2D eigenvalue weighted by atomic mass is 10.1. The van der Waals surface area contributed by atoms with Crippen molar-refractivity contribution in [2.24, 2.45) is 0 Å². The summed E-state index contributed by atoms with van der Waals surface area (Å²) in [4.78, 5) is 13.7. The minimum Gasteiger partial charge on any atom is -0.336 e. The van der Waals surface area contributed by atoms with E-state index in [1.54, 1.807) is 4.90 Å². The SMILES string of the molecule is O=C(c1ccc(C(F)(F)F)cc1Cl)N1CCNCC1. The Bertz CT molecular complexity index is 484. The first kappa shape index (κ1) is 14.1. The second-order valence-electron chi connectivity index (χ2n) is 4.23. The average molecular weight is 293 g/mol. The van der Waals surface area contributed by atoms with Crippen molar-refractivity contribution in [3.63, 3.8) is 0 Å². The van der Waals surface area contributed by atoms with Crippen molar-refractivity contribution in [1.29, 1.82) is 0 Å². The van der Waals surface area contributed by atoms with E-state index in [1.165, 1.54) is 0 Å². The summed E-state index contributed by atoms with van der Waals surface area (Å²) in [7, 11) is 0. The Kier molecular flexibility index (Phi) is 4.01. The lowest BCUT2D eigenvalue weighted by molar-refractivity contribution is -0.137. The molecule has 0 saturated carbocycles. The van der Waals surface area contributed by atoms with Crippen LogP contribution in [0.5, 0.6) is 0 Å². The Morgan fingerprint density at radius 3 is 2.42 bits per heavy atom. The van der Waals surface area contributed by atoms with E-state index >= 15 is 0 Å². The molecule has 1 fully saturated rings. The van der Waals surface area contributed by atoms with Gasteiger partial charge in [0.25, 0.3) is 5.91 Å². The Hall–Kier alpha value is -1.27. The molecule has 1 aromatic rings. The standard InChI is InChI=1S/C12H12ClF3N2O/c13-10-7-8(12(14,15)16)1-2-9(10)11(19)18-5-3-17-4-6-18/h1-2,7,17H,3-6H2. The molecule has 0 unspecified atom stereocenters. The molecular formula is C12H12ClF3N2O. The third-order valence-corrected chi connectivity index (χ3v) is 3.24. The molecule has 1 aliphatic rings. The summed E-state index contributed by atoms with van der Waals surface area (Å²) >= 11 is 5.79. The molecule has 1 aliphatic heterocycles. The van der Waals surface area contributed by atoms with Gasteiger partial charge in [0.05, 0.1) is 16.1 Å². The highest BCUT2D eigenvalue weighted by atomic mass is 35.5. The van der Waals surface area contributed by atoms with Crippen LogP contribution in [0.25, 0.3) is 0 Å². The van der Waals surface area contributed by atoms with Gasteiger partial charge in [-0.25, -0.2) is 0 Å².